The van der Waals surface area contributed by atoms with Gasteiger partial charge in [-0.1, -0.05) is 181 Å². The molecule has 0 fully saturated rings. The van der Waals surface area contributed by atoms with Crippen molar-refractivity contribution < 1.29 is 0 Å². The lowest BCUT2D eigenvalue weighted by molar-refractivity contribution is 0.807. The molecule has 10 rings (SSSR count). The van der Waals surface area contributed by atoms with Crippen molar-refractivity contribution in [2.24, 2.45) is 0 Å². The highest BCUT2D eigenvalue weighted by atomic mass is 35.5. The summed E-state index contributed by atoms with van der Waals surface area (Å²) < 4.78 is 4.57. The van der Waals surface area contributed by atoms with E-state index >= 15 is 0 Å². The van der Waals surface area contributed by atoms with Gasteiger partial charge in [-0.25, -0.2) is 9.97 Å². The molecule has 1 atom stereocenters. The molecule has 1 aliphatic rings. The normalized spacial score (nSPS) is 13.3. The van der Waals surface area contributed by atoms with Gasteiger partial charge in [0.2, 0.25) is 0 Å². The average Bonchev–Trinajstić information content (AvgIpc) is 4.01. The average molecular weight is 854 g/mol. The van der Waals surface area contributed by atoms with E-state index in [1.807, 2.05) is 12.4 Å². The Bertz CT molecular complexity index is 3150. The van der Waals surface area contributed by atoms with Crippen LogP contribution < -0.4 is 0 Å². The number of fused-ring (bicyclic) bond motifs is 6. The van der Waals surface area contributed by atoms with E-state index < -0.39 is 0 Å². The Kier molecular flexibility index (Phi) is 10.8. The van der Waals surface area contributed by atoms with Gasteiger partial charge in [-0.05, 0) is 114 Å². The summed E-state index contributed by atoms with van der Waals surface area (Å²) in [7, 11) is 0. The number of hydrogen-bond donors (Lipinski definition) is 0. The summed E-state index contributed by atoms with van der Waals surface area (Å²) >= 11 is 7.12. The van der Waals surface area contributed by atoms with Crippen LogP contribution >= 0.6 is 11.6 Å². The van der Waals surface area contributed by atoms with Crippen LogP contribution in [0.5, 0.6) is 0 Å². The van der Waals surface area contributed by atoms with E-state index in [4.69, 9.17) is 21.6 Å². The summed E-state index contributed by atoms with van der Waals surface area (Å²) in [6.07, 6.45) is 8.05. The van der Waals surface area contributed by atoms with Gasteiger partial charge in [0, 0.05) is 46.9 Å². The van der Waals surface area contributed by atoms with Gasteiger partial charge in [-0.15, -0.1) is 0 Å². The van der Waals surface area contributed by atoms with Crippen LogP contribution in [-0.4, -0.2) is 19.1 Å². The molecule has 0 radical (unpaired) electrons. The Morgan fingerprint density at radius 2 is 0.891 bits per heavy atom. The zero-order chi connectivity index (χ0) is 44.2. The third kappa shape index (κ3) is 7.20. The fourth-order valence-corrected chi connectivity index (χ4v) is 10.2. The largest absolute Gasteiger partial charge is 0.299 e. The molecule has 1 aliphatic heterocycles. The first kappa shape index (κ1) is 41.3. The SMILES string of the molecule is CC(C)c1cccc(C(C)C)c1-n1ccnc1-c1ccc(-c2ccccc2-c2cc(Cl)cc(-c3ccccc3-c3ccc4cc3C(C)c3cccc(C(C)C)c3-n3ccnc3-4)c2)cc1. The molecule has 64 heavy (non-hydrogen) atoms. The Labute approximate surface area is 382 Å². The lowest BCUT2D eigenvalue weighted by Crippen LogP contribution is -2.12. The molecule has 7 aromatic carbocycles. The minimum Gasteiger partial charge on any atom is -0.299 e. The maximum absolute atomic E-state index is 7.12. The molecule has 0 aliphatic carbocycles. The first-order valence-electron chi connectivity index (χ1n) is 22.6. The maximum atomic E-state index is 7.12. The molecule has 0 saturated carbocycles. The van der Waals surface area contributed by atoms with Crippen LogP contribution in [0.1, 0.15) is 100.0 Å². The Morgan fingerprint density at radius 3 is 1.48 bits per heavy atom. The summed E-state index contributed by atoms with van der Waals surface area (Å²) in [4.78, 5) is 9.80. The van der Waals surface area contributed by atoms with Crippen molar-refractivity contribution in [2.75, 3.05) is 0 Å². The highest BCUT2D eigenvalue weighted by molar-refractivity contribution is 6.31. The number of nitrogens with zero attached hydrogens (tertiary/aromatic N) is 4. The molecule has 0 saturated heterocycles. The molecular weight excluding hydrogens is 800 g/mol. The molecule has 4 nitrogen and oxygen atoms in total. The number of halogens is 1. The Hall–Kier alpha value is -6.75. The van der Waals surface area contributed by atoms with E-state index in [1.54, 1.807) is 0 Å². The van der Waals surface area contributed by atoms with Gasteiger partial charge in [0.25, 0.3) is 0 Å². The van der Waals surface area contributed by atoms with E-state index in [0.717, 1.165) is 56.2 Å². The van der Waals surface area contributed by atoms with Crippen LogP contribution in [0.4, 0.5) is 0 Å². The Morgan fingerprint density at radius 1 is 0.422 bits per heavy atom. The summed E-state index contributed by atoms with van der Waals surface area (Å²) in [5.41, 5.74) is 20.3. The van der Waals surface area contributed by atoms with Crippen molar-refractivity contribution in [3.8, 4) is 78.7 Å². The lowest BCUT2D eigenvalue weighted by Gasteiger charge is -2.28. The quantitative estimate of drug-likeness (QED) is 0.145. The number of imidazole rings is 2. The molecule has 316 valence electrons. The van der Waals surface area contributed by atoms with Crippen LogP contribution in [0.15, 0.2) is 170 Å². The standard InChI is InChI=1S/C59H53ClN4/c1-36(2)46-18-12-19-47(37(3)4)56(46)63-30-28-61-58(63)41-24-22-40(23-25-41)50-14-8-9-15-51(50)43-32-44(34-45(60)33-43)52-16-10-11-17-53(52)54-27-26-42-35-55(54)39(7)49-21-13-20-48(38(5)6)57(49)64-31-29-62-59(42)64/h8-39H,1-7H3. The zero-order valence-electron chi connectivity index (χ0n) is 37.6. The van der Waals surface area contributed by atoms with Crippen molar-refractivity contribution in [3.05, 3.63) is 203 Å². The molecule has 0 amide bonds. The summed E-state index contributed by atoms with van der Waals surface area (Å²) in [6, 6.07) is 53.1. The van der Waals surface area contributed by atoms with Crippen LogP contribution in [0, 0.1) is 0 Å². The van der Waals surface area contributed by atoms with Gasteiger partial charge in [0.15, 0.2) is 0 Å². The molecule has 2 aromatic heterocycles. The first-order valence-corrected chi connectivity index (χ1v) is 23.0. The van der Waals surface area contributed by atoms with Gasteiger partial charge < -0.3 is 0 Å². The van der Waals surface area contributed by atoms with Crippen molar-refractivity contribution in [1.29, 1.82) is 0 Å². The molecule has 3 heterocycles. The number of aromatic nitrogens is 4. The molecular formula is C59H53ClN4. The summed E-state index contributed by atoms with van der Waals surface area (Å²) in [6.45, 7) is 16.0. The molecule has 5 heteroatoms. The van der Waals surface area contributed by atoms with Crippen molar-refractivity contribution in [1.82, 2.24) is 19.1 Å². The second-order valence-electron chi connectivity index (χ2n) is 18.2. The second-order valence-corrected chi connectivity index (χ2v) is 18.6. The van der Waals surface area contributed by atoms with Crippen molar-refractivity contribution in [2.45, 2.75) is 72.1 Å². The van der Waals surface area contributed by atoms with Gasteiger partial charge >= 0.3 is 0 Å². The number of rotatable bonds is 9. The molecule has 9 aromatic rings. The van der Waals surface area contributed by atoms with Crippen LogP contribution in [0.3, 0.4) is 0 Å². The van der Waals surface area contributed by atoms with Gasteiger partial charge in [-0.2, -0.15) is 0 Å². The third-order valence-electron chi connectivity index (χ3n) is 13.2. The van der Waals surface area contributed by atoms with E-state index in [1.165, 1.54) is 50.3 Å². The molecule has 0 N–H and O–H groups in total. The topological polar surface area (TPSA) is 35.6 Å². The van der Waals surface area contributed by atoms with E-state index in [0.29, 0.717) is 22.8 Å². The minimum atomic E-state index is 0.133. The van der Waals surface area contributed by atoms with Crippen LogP contribution in [-0.2, 0) is 0 Å². The lowest BCUT2D eigenvalue weighted by atomic mass is 9.81. The fourth-order valence-electron chi connectivity index (χ4n) is 9.99. The first-order chi connectivity index (χ1) is 31.1. The zero-order valence-corrected chi connectivity index (χ0v) is 38.4. The summed E-state index contributed by atoms with van der Waals surface area (Å²) in [5.74, 6) is 3.16. The van der Waals surface area contributed by atoms with Crippen molar-refractivity contribution >= 4 is 11.6 Å². The van der Waals surface area contributed by atoms with Crippen molar-refractivity contribution in [3.63, 3.8) is 0 Å². The van der Waals surface area contributed by atoms with Gasteiger partial charge in [-0.3, -0.25) is 9.13 Å². The van der Waals surface area contributed by atoms with Gasteiger partial charge in [0.05, 0.1) is 11.4 Å². The van der Waals surface area contributed by atoms with Crippen LogP contribution in [0.2, 0.25) is 5.02 Å². The van der Waals surface area contributed by atoms with Gasteiger partial charge in [0.1, 0.15) is 11.6 Å². The highest BCUT2D eigenvalue weighted by Gasteiger charge is 2.27. The number of benzene rings is 7. The highest BCUT2D eigenvalue weighted by Crippen LogP contribution is 2.46. The van der Waals surface area contributed by atoms with Crippen LogP contribution in [0.25, 0.3) is 78.7 Å². The van der Waals surface area contributed by atoms with E-state index in [9.17, 15) is 0 Å². The third-order valence-corrected chi connectivity index (χ3v) is 13.4. The predicted molar refractivity (Wildman–Crippen MR) is 268 cm³/mol. The Balaban J connectivity index is 1.04. The summed E-state index contributed by atoms with van der Waals surface area (Å²) in [5, 5.41) is 0.696. The number of hydrogen-bond acceptors (Lipinski definition) is 2. The monoisotopic (exact) mass is 852 g/mol. The molecule has 0 spiro atoms. The fraction of sp³-hybridized carbons (Fsp3) is 0.186. The van der Waals surface area contributed by atoms with E-state index in [-0.39, 0.29) is 5.92 Å². The predicted octanol–water partition coefficient (Wildman–Crippen LogP) is 16.5. The smallest absolute Gasteiger partial charge is 0.144 e. The minimum absolute atomic E-state index is 0.133. The number of para-hydroxylation sites is 2. The maximum Gasteiger partial charge on any atom is 0.144 e. The van der Waals surface area contributed by atoms with E-state index in [2.05, 4.69) is 216 Å². The molecule has 1 unspecified atom stereocenters. The molecule has 2 bridgehead atoms. The second kappa shape index (κ2) is 16.7.